The molecule has 106 valence electrons. The van der Waals surface area contributed by atoms with Gasteiger partial charge in [0.2, 0.25) is 5.91 Å². The van der Waals surface area contributed by atoms with Crippen molar-refractivity contribution in [3.8, 4) is 0 Å². The Morgan fingerprint density at radius 3 is 2.58 bits per heavy atom. The molecule has 0 unspecified atom stereocenters. The maximum Gasteiger partial charge on any atom is 0.234 e. The summed E-state index contributed by atoms with van der Waals surface area (Å²) in [5, 5.41) is 5.98. The Morgan fingerprint density at radius 2 is 1.95 bits per heavy atom. The Hall–Kier alpha value is -1.39. The summed E-state index contributed by atoms with van der Waals surface area (Å²) in [7, 11) is 1.62. The van der Waals surface area contributed by atoms with Crippen molar-refractivity contribution in [2.75, 3.05) is 33.4 Å². The normalized spacial score (nSPS) is 11.3. The molecule has 0 atom stereocenters. The molecule has 1 amide bonds. The fraction of sp³-hybridized carbons (Fsp3) is 0.533. The minimum absolute atomic E-state index is 0.000844. The molecule has 0 fully saturated rings. The second-order valence-corrected chi connectivity index (χ2v) is 5.20. The molecular formula is C15H24N2O2. The first-order chi connectivity index (χ1) is 9.06. The van der Waals surface area contributed by atoms with Crippen LogP contribution in [0.15, 0.2) is 30.3 Å². The zero-order valence-electron chi connectivity index (χ0n) is 12.0. The molecule has 0 saturated carbocycles. The summed E-state index contributed by atoms with van der Waals surface area (Å²) < 4.78 is 4.87. The van der Waals surface area contributed by atoms with Crippen molar-refractivity contribution in [2.24, 2.45) is 0 Å². The minimum atomic E-state index is 0.000844. The molecular weight excluding hydrogens is 240 g/mol. The van der Waals surface area contributed by atoms with Gasteiger partial charge in [0.1, 0.15) is 0 Å². The van der Waals surface area contributed by atoms with E-state index in [2.05, 4.69) is 36.6 Å². The van der Waals surface area contributed by atoms with Crippen molar-refractivity contribution >= 4 is 5.91 Å². The number of benzene rings is 1. The number of rotatable bonds is 8. The Bertz CT molecular complexity index is 377. The van der Waals surface area contributed by atoms with Crippen LogP contribution in [0.25, 0.3) is 0 Å². The Balaban J connectivity index is 2.30. The van der Waals surface area contributed by atoms with Crippen LogP contribution in [0.1, 0.15) is 19.4 Å². The summed E-state index contributed by atoms with van der Waals surface area (Å²) >= 11 is 0. The van der Waals surface area contributed by atoms with Crippen LogP contribution in [-0.4, -0.2) is 39.3 Å². The van der Waals surface area contributed by atoms with Crippen LogP contribution in [0, 0.1) is 0 Å². The van der Waals surface area contributed by atoms with Crippen LogP contribution < -0.4 is 10.6 Å². The average Bonchev–Trinajstić information content (AvgIpc) is 2.40. The van der Waals surface area contributed by atoms with Crippen LogP contribution in [0.5, 0.6) is 0 Å². The van der Waals surface area contributed by atoms with E-state index in [0.29, 0.717) is 19.7 Å². The average molecular weight is 264 g/mol. The van der Waals surface area contributed by atoms with Gasteiger partial charge >= 0.3 is 0 Å². The van der Waals surface area contributed by atoms with Crippen molar-refractivity contribution in [3.63, 3.8) is 0 Å². The third-order valence-corrected chi connectivity index (χ3v) is 3.04. The summed E-state index contributed by atoms with van der Waals surface area (Å²) in [5.74, 6) is 0.000844. The summed E-state index contributed by atoms with van der Waals surface area (Å²) in [6.07, 6.45) is 0. The van der Waals surface area contributed by atoms with E-state index in [0.717, 1.165) is 6.54 Å². The lowest BCUT2D eigenvalue weighted by Gasteiger charge is -2.25. The molecule has 2 N–H and O–H groups in total. The molecule has 19 heavy (non-hydrogen) atoms. The second-order valence-electron chi connectivity index (χ2n) is 5.20. The van der Waals surface area contributed by atoms with Gasteiger partial charge in [-0.2, -0.15) is 0 Å². The zero-order chi connectivity index (χ0) is 14.1. The van der Waals surface area contributed by atoms with E-state index in [1.807, 2.05) is 18.2 Å². The SMILES string of the molecule is COCCNC(=O)CNCC(C)(C)c1ccccc1. The largest absolute Gasteiger partial charge is 0.383 e. The zero-order valence-corrected chi connectivity index (χ0v) is 12.0. The fourth-order valence-corrected chi connectivity index (χ4v) is 1.83. The van der Waals surface area contributed by atoms with Crippen LogP contribution in [-0.2, 0) is 14.9 Å². The van der Waals surface area contributed by atoms with E-state index in [9.17, 15) is 4.79 Å². The van der Waals surface area contributed by atoms with E-state index in [1.54, 1.807) is 7.11 Å². The molecule has 4 nitrogen and oxygen atoms in total. The second kappa shape index (κ2) is 7.92. The number of nitrogens with one attached hydrogen (secondary N) is 2. The van der Waals surface area contributed by atoms with Gasteiger partial charge in [0, 0.05) is 25.6 Å². The number of carbonyl (C=O) groups is 1. The Kier molecular flexibility index (Phi) is 6.53. The lowest BCUT2D eigenvalue weighted by Crippen LogP contribution is -2.40. The van der Waals surface area contributed by atoms with Crippen LogP contribution in [0.4, 0.5) is 0 Å². The molecule has 1 aromatic rings. The van der Waals surface area contributed by atoms with E-state index >= 15 is 0 Å². The van der Waals surface area contributed by atoms with E-state index in [1.165, 1.54) is 5.56 Å². The lowest BCUT2D eigenvalue weighted by atomic mass is 9.85. The van der Waals surface area contributed by atoms with Gasteiger partial charge in [0.15, 0.2) is 0 Å². The monoisotopic (exact) mass is 264 g/mol. The highest BCUT2D eigenvalue weighted by molar-refractivity contribution is 5.77. The van der Waals surface area contributed by atoms with Gasteiger partial charge in [-0.15, -0.1) is 0 Å². The highest BCUT2D eigenvalue weighted by Crippen LogP contribution is 2.21. The molecule has 0 spiro atoms. The minimum Gasteiger partial charge on any atom is -0.383 e. The quantitative estimate of drug-likeness (QED) is 0.696. The molecule has 0 aliphatic heterocycles. The van der Waals surface area contributed by atoms with Crippen molar-refractivity contribution in [1.82, 2.24) is 10.6 Å². The predicted octanol–water partition coefficient (Wildman–Crippen LogP) is 1.32. The van der Waals surface area contributed by atoms with Crippen molar-refractivity contribution in [1.29, 1.82) is 0 Å². The molecule has 0 radical (unpaired) electrons. The van der Waals surface area contributed by atoms with E-state index < -0.39 is 0 Å². The Labute approximate surface area is 115 Å². The third kappa shape index (κ3) is 5.85. The number of hydrogen-bond donors (Lipinski definition) is 2. The number of ether oxygens (including phenoxy) is 1. The third-order valence-electron chi connectivity index (χ3n) is 3.04. The maximum absolute atomic E-state index is 11.5. The number of carbonyl (C=O) groups excluding carboxylic acids is 1. The van der Waals surface area contributed by atoms with Gasteiger partial charge in [0.05, 0.1) is 13.2 Å². The number of hydrogen-bond acceptors (Lipinski definition) is 3. The van der Waals surface area contributed by atoms with Crippen molar-refractivity contribution in [2.45, 2.75) is 19.3 Å². The first-order valence-electron chi connectivity index (χ1n) is 6.58. The first-order valence-corrected chi connectivity index (χ1v) is 6.58. The first kappa shape index (κ1) is 15.7. The topological polar surface area (TPSA) is 50.4 Å². The van der Waals surface area contributed by atoms with Crippen LogP contribution in [0.2, 0.25) is 0 Å². The standard InChI is InChI=1S/C15H24N2O2/c1-15(2,13-7-5-4-6-8-13)12-16-11-14(18)17-9-10-19-3/h4-8,16H,9-12H2,1-3H3,(H,17,18). The molecule has 4 heteroatoms. The predicted molar refractivity (Wildman–Crippen MR) is 77.2 cm³/mol. The molecule has 0 saturated heterocycles. The summed E-state index contributed by atoms with van der Waals surface area (Å²) in [6, 6.07) is 10.3. The van der Waals surface area contributed by atoms with Gasteiger partial charge < -0.3 is 15.4 Å². The van der Waals surface area contributed by atoms with Crippen LogP contribution in [0.3, 0.4) is 0 Å². The van der Waals surface area contributed by atoms with E-state index in [4.69, 9.17) is 4.74 Å². The Morgan fingerprint density at radius 1 is 1.26 bits per heavy atom. The summed E-state index contributed by atoms with van der Waals surface area (Å²) in [5.41, 5.74) is 1.27. The molecule has 0 bridgehead atoms. The molecule has 1 aromatic carbocycles. The molecule has 0 aliphatic rings. The highest BCUT2D eigenvalue weighted by atomic mass is 16.5. The van der Waals surface area contributed by atoms with Crippen molar-refractivity contribution < 1.29 is 9.53 Å². The van der Waals surface area contributed by atoms with E-state index in [-0.39, 0.29) is 11.3 Å². The summed E-state index contributed by atoms with van der Waals surface area (Å²) in [4.78, 5) is 11.5. The maximum atomic E-state index is 11.5. The lowest BCUT2D eigenvalue weighted by molar-refractivity contribution is -0.120. The van der Waals surface area contributed by atoms with Gasteiger partial charge in [-0.1, -0.05) is 44.2 Å². The van der Waals surface area contributed by atoms with Crippen LogP contribution >= 0.6 is 0 Å². The number of methoxy groups -OCH3 is 1. The molecule has 1 rings (SSSR count). The smallest absolute Gasteiger partial charge is 0.234 e. The van der Waals surface area contributed by atoms with Gasteiger partial charge in [0.25, 0.3) is 0 Å². The molecule has 0 aromatic heterocycles. The van der Waals surface area contributed by atoms with Gasteiger partial charge in [-0.25, -0.2) is 0 Å². The van der Waals surface area contributed by atoms with Gasteiger partial charge in [-0.3, -0.25) is 4.79 Å². The highest BCUT2D eigenvalue weighted by Gasteiger charge is 2.19. The number of amides is 1. The fourth-order valence-electron chi connectivity index (χ4n) is 1.83. The van der Waals surface area contributed by atoms with Gasteiger partial charge in [-0.05, 0) is 5.56 Å². The summed E-state index contributed by atoms with van der Waals surface area (Å²) in [6.45, 7) is 6.52. The molecule has 0 heterocycles. The van der Waals surface area contributed by atoms with Crippen molar-refractivity contribution in [3.05, 3.63) is 35.9 Å². The molecule has 0 aliphatic carbocycles.